The van der Waals surface area contributed by atoms with Gasteiger partial charge >= 0.3 is 0 Å². The number of nitrogens with two attached hydrogens (primary N) is 1. The van der Waals surface area contributed by atoms with Gasteiger partial charge < -0.3 is 20.6 Å². The fourth-order valence-corrected chi connectivity index (χ4v) is 2.28. The van der Waals surface area contributed by atoms with Crippen molar-refractivity contribution in [1.82, 2.24) is 9.80 Å². The molecule has 1 aliphatic heterocycles. The summed E-state index contributed by atoms with van der Waals surface area (Å²) in [6.07, 6.45) is 3.25. The molecule has 0 bridgehead atoms. The molecule has 0 aromatic heterocycles. The van der Waals surface area contributed by atoms with Crippen LogP contribution in [0.25, 0.3) is 0 Å². The molecule has 0 aromatic carbocycles. The molecule has 1 fully saturated rings. The molecule has 0 aliphatic carbocycles. The van der Waals surface area contributed by atoms with E-state index < -0.39 is 0 Å². The van der Waals surface area contributed by atoms with E-state index in [0.717, 1.165) is 13.1 Å². The van der Waals surface area contributed by atoms with Crippen molar-refractivity contribution in [2.45, 2.75) is 31.3 Å². The Bertz CT molecular complexity index is 177. The molecule has 0 amide bonds. The van der Waals surface area contributed by atoms with Gasteiger partial charge in [-0.1, -0.05) is 0 Å². The number of rotatable bonds is 5. The number of nitrogens with zero attached hydrogens (tertiary/aromatic N) is 2. The fourth-order valence-electron chi connectivity index (χ4n) is 2.28. The number of hydrogen-bond donors (Lipinski definition) is 2. The highest BCUT2D eigenvalue weighted by molar-refractivity contribution is 4.79. The van der Waals surface area contributed by atoms with Crippen LogP contribution in [-0.2, 0) is 0 Å². The lowest BCUT2D eigenvalue weighted by Gasteiger charge is -2.36. The summed E-state index contributed by atoms with van der Waals surface area (Å²) in [5, 5.41) is 8.80. The summed E-state index contributed by atoms with van der Waals surface area (Å²) in [4.78, 5) is 4.72. The maximum Gasteiger partial charge on any atom is 0.0446 e. The Morgan fingerprint density at radius 2 is 2.33 bits per heavy atom. The monoisotopic (exact) mass is 215 g/mol. The first-order valence-electron chi connectivity index (χ1n) is 5.88. The van der Waals surface area contributed by atoms with E-state index in [9.17, 15) is 0 Å². The van der Waals surface area contributed by atoms with Crippen LogP contribution in [0, 0.1) is 0 Å². The zero-order chi connectivity index (χ0) is 11.3. The minimum Gasteiger partial charge on any atom is -0.396 e. The fraction of sp³-hybridized carbons (Fsp3) is 1.00. The van der Waals surface area contributed by atoms with Crippen molar-refractivity contribution in [2.24, 2.45) is 5.73 Å². The average molecular weight is 215 g/mol. The van der Waals surface area contributed by atoms with Crippen LogP contribution < -0.4 is 5.73 Å². The van der Waals surface area contributed by atoms with Crippen molar-refractivity contribution < 1.29 is 5.11 Å². The van der Waals surface area contributed by atoms with Gasteiger partial charge in [-0.15, -0.1) is 0 Å². The van der Waals surface area contributed by atoms with Gasteiger partial charge in [-0.2, -0.15) is 0 Å². The molecule has 0 aromatic rings. The Morgan fingerprint density at radius 3 is 2.93 bits per heavy atom. The highest BCUT2D eigenvalue weighted by atomic mass is 16.3. The van der Waals surface area contributed by atoms with Crippen LogP contribution in [0.4, 0.5) is 0 Å². The largest absolute Gasteiger partial charge is 0.396 e. The summed E-state index contributed by atoms with van der Waals surface area (Å²) in [5.41, 5.74) is 5.91. The number of piperidine rings is 1. The second kappa shape index (κ2) is 6.43. The van der Waals surface area contributed by atoms with E-state index in [2.05, 4.69) is 23.9 Å². The molecule has 4 nitrogen and oxygen atoms in total. The molecule has 1 saturated heterocycles. The van der Waals surface area contributed by atoms with Gasteiger partial charge in [-0.25, -0.2) is 0 Å². The molecular formula is C11H25N3O. The van der Waals surface area contributed by atoms with Gasteiger partial charge in [-0.05, 0) is 39.9 Å². The summed E-state index contributed by atoms with van der Waals surface area (Å²) in [6.45, 7) is 3.44. The molecule has 0 spiro atoms. The van der Waals surface area contributed by atoms with E-state index in [-0.39, 0.29) is 12.6 Å². The van der Waals surface area contributed by atoms with E-state index in [1.807, 2.05) is 0 Å². The van der Waals surface area contributed by atoms with Crippen LogP contribution >= 0.6 is 0 Å². The summed E-state index contributed by atoms with van der Waals surface area (Å²) in [5.74, 6) is 0. The Balaban J connectivity index is 2.28. The number of likely N-dealkylation sites (N-methyl/N-ethyl adjacent to an activating group) is 2. The third kappa shape index (κ3) is 4.47. The van der Waals surface area contributed by atoms with E-state index in [1.54, 1.807) is 0 Å². The second-order valence-electron chi connectivity index (χ2n) is 4.77. The van der Waals surface area contributed by atoms with Crippen molar-refractivity contribution in [3.8, 4) is 0 Å². The molecule has 1 rings (SSSR count). The van der Waals surface area contributed by atoms with E-state index in [4.69, 9.17) is 10.8 Å². The molecule has 0 saturated carbocycles. The van der Waals surface area contributed by atoms with Gasteiger partial charge in [0.15, 0.2) is 0 Å². The van der Waals surface area contributed by atoms with Crippen molar-refractivity contribution in [1.29, 1.82) is 0 Å². The molecule has 1 aliphatic rings. The lowest BCUT2D eigenvalue weighted by atomic mass is 10.0. The predicted octanol–water partition coefficient (Wildman–Crippen LogP) is -0.278. The highest BCUT2D eigenvalue weighted by Gasteiger charge is 2.21. The van der Waals surface area contributed by atoms with Gasteiger partial charge in [0, 0.05) is 31.8 Å². The van der Waals surface area contributed by atoms with E-state index in [0.29, 0.717) is 12.5 Å². The molecule has 2 atom stereocenters. The predicted molar refractivity (Wildman–Crippen MR) is 62.8 cm³/mol. The molecule has 0 radical (unpaired) electrons. The van der Waals surface area contributed by atoms with Crippen LogP contribution in [-0.4, -0.2) is 67.3 Å². The van der Waals surface area contributed by atoms with Crippen molar-refractivity contribution in [3.63, 3.8) is 0 Å². The molecular weight excluding hydrogens is 190 g/mol. The highest BCUT2D eigenvalue weighted by Crippen LogP contribution is 2.13. The lowest BCUT2D eigenvalue weighted by molar-refractivity contribution is 0.125. The van der Waals surface area contributed by atoms with Crippen molar-refractivity contribution in [2.75, 3.05) is 40.3 Å². The Kier molecular flexibility index (Phi) is 5.53. The maximum absolute atomic E-state index is 8.80. The number of aliphatic hydroxyl groups is 1. The van der Waals surface area contributed by atoms with Crippen molar-refractivity contribution in [3.05, 3.63) is 0 Å². The minimum absolute atomic E-state index is 0.104. The molecule has 3 N–H and O–H groups in total. The van der Waals surface area contributed by atoms with E-state index >= 15 is 0 Å². The van der Waals surface area contributed by atoms with Gasteiger partial charge in [0.1, 0.15) is 0 Å². The Morgan fingerprint density at radius 1 is 1.60 bits per heavy atom. The van der Waals surface area contributed by atoms with Crippen LogP contribution in [0.5, 0.6) is 0 Å². The number of aliphatic hydroxyl groups excluding tert-OH is 1. The summed E-state index contributed by atoms with van der Waals surface area (Å²) < 4.78 is 0. The van der Waals surface area contributed by atoms with Crippen LogP contribution in [0.15, 0.2) is 0 Å². The molecule has 2 unspecified atom stereocenters. The first-order valence-corrected chi connectivity index (χ1v) is 5.88. The zero-order valence-electron chi connectivity index (χ0n) is 10.0. The van der Waals surface area contributed by atoms with Crippen LogP contribution in [0.3, 0.4) is 0 Å². The lowest BCUT2D eigenvalue weighted by Crippen LogP contribution is -2.48. The third-order valence-electron chi connectivity index (χ3n) is 3.25. The smallest absolute Gasteiger partial charge is 0.0446 e. The summed E-state index contributed by atoms with van der Waals surface area (Å²) in [6, 6.07) is 0.737. The van der Waals surface area contributed by atoms with Gasteiger partial charge in [0.05, 0.1) is 0 Å². The molecule has 15 heavy (non-hydrogen) atoms. The number of hydrogen-bond acceptors (Lipinski definition) is 4. The zero-order valence-corrected chi connectivity index (χ0v) is 10.0. The van der Waals surface area contributed by atoms with E-state index in [1.165, 1.54) is 19.4 Å². The van der Waals surface area contributed by atoms with Crippen LogP contribution in [0.1, 0.15) is 19.3 Å². The molecule has 4 heteroatoms. The molecule has 1 heterocycles. The average Bonchev–Trinajstić information content (AvgIpc) is 2.18. The van der Waals surface area contributed by atoms with Gasteiger partial charge in [-0.3, -0.25) is 0 Å². The first-order chi connectivity index (χ1) is 7.13. The minimum atomic E-state index is 0.104. The Hall–Kier alpha value is -0.160. The standard InChI is InChI=1S/C11H25N3O/c1-13-6-3-4-11(9-13)14(2)8-10(12)5-7-15/h10-11,15H,3-9,12H2,1-2H3. The topological polar surface area (TPSA) is 52.7 Å². The third-order valence-corrected chi connectivity index (χ3v) is 3.25. The molecule has 90 valence electrons. The van der Waals surface area contributed by atoms with Crippen LogP contribution in [0.2, 0.25) is 0 Å². The SMILES string of the molecule is CN1CCCC(N(C)CC(N)CCO)C1. The quantitative estimate of drug-likeness (QED) is 0.662. The first kappa shape index (κ1) is 12.9. The summed E-state index contributed by atoms with van der Waals surface area (Å²) in [7, 11) is 4.31. The Labute approximate surface area is 93.0 Å². The number of likely N-dealkylation sites (tertiary alicyclic amines) is 1. The summed E-state index contributed by atoms with van der Waals surface area (Å²) >= 11 is 0. The second-order valence-corrected chi connectivity index (χ2v) is 4.77. The maximum atomic E-state index is 8.80. The van der Waals surface area contributed by atoms with Crippen molar-refractivity contribution >= 4 is 0 Å². The normalized spacial score (nSPS) is 25.8. The van der Waals surface area contributed by atoms with Gasteiger partial charge in [0.25, 0.3) is 0 Å². The van der Waals surface area contributed by atoms with Gasteiger partial charge in [0.2, 0.25) is 0 Å².